The summed E-state index contributed by atoms with van der Waals surface area (Å²) in [5, 5.41) is 10.8. The first-order chi connectivity index (χ1) is 5.66. The van der Waals surface area contributed by atoms with E-state index in [2.05, 4.69) is 27.7 Å². The van der Waals surface area contributed by atoms with Crippen LogP contribution in [-0.4, -0.2) is 12.2 Å². The second-order valence-corrected chi connectivity index (χ2v) is 1.62. The maximum atomic E-state index is 8.35. The quantitative estimate of drug-likeness (QED) is 0.437. The molecule has 0 aromatic carbocycles. The topological polar surface area (TPSA) is 81.8 Å². The number of nitrogens with one attached hydrogen (secondary N) is 2. The molecule has 2 N–H and O–H groups in total. The molecule has 72 valence electrons. The molecule has 0 aliphatic rings. The average molecular weight is 174 g/mol. The van der Waals surface area contributed by atoms with Gasteiger partial charge < -0.3 is 0 Å². The van der Waals surface area contributed by atoms with Gasteiger partial charge in [-0.05, 0) is 0 Å². The zero-order chi connectivity index (χ0) is 10.8. The minimum atomic E-state index is 0.750. The third kappa shape index (κ3) is 343. The zero-order valence-electron chi connectivity index (χ0n) is 8.23. The molecule has 0 bridgehead atoms. The molecule has 0 aromatic heterocycles. The van der Waals surface area contributed by atoms with E-state index in [1.54, 1.807) is 0 Å². The van der Waals surface area contributed by atoms with Crippen molar-refractivity contribution in [2.45, 2.75) is 40.5 Å². The molecule has 0 fully saturated rings. The van der Waals surface area contributed by atoms with Crippen molar-refractivity contribution in [2.75, 3.05) is 0 Å². The summed E-state index contributed by atoms with van der Waals surface area (Å²) < 4.78 is 0. The van der Waals surface area contributed by atoms with Crippen LogP contribution in [0.1, 0.15) is 40.5 Å². The number of carbonyl (C=O) groups excluding carboxylic acids is 2. The molecule has 0 aliphatic heterocycles. The standard InChI is InChI=1S/2C3H8.2CHNO/c2*1-3-2;2*2-1-3/h2*3H2,1-2H3;2*2H. The predicted octanol–water partition coefficient (Wildman–Crippen LogP) is 2.63. The van der Waals surface area contributed by atoms with Crippen LogP contribution in [0.25, 0.3) is 0 Å². The van der Waals surface area contributed by atoms with Gasteiger partial charge in [-0.25, -0.2) is 20.4 Å². The van der Waals surface area contributed by atoms with Crippen molar-refractivity contribution in [3.05, 3.63) is 0 Å². The Balaban J connectivity index is -0.0000000356. The first kappa shape index (κ1) is 22.4. The van der Waals surface area contributed by atoms with Gasteiger partial charge in [0.1, 0.15) is 0 Å². The second-order valence-electron chi connectivity index (χ2n) is 1.62. The lowest BCUT2D eigenvalue weighted by Crippen LogP contribution is -1.27. The molecular weight excluding hydrogens is 156 g/mol. The minimum Gasteiger partial charge on any atom is -0.222 e. The molecule has 0 amide bonds. The third-order valence-electron chi connectivity index (χ3n) is 0. The summed E-state index contributed by atoms with van der Waals surface area (Å²) in [6.45, 7) is 8.50. The van der Waals surface area contributed by atoms with Crippen LogP contribution in [0.3, 0.4) is 0 Å². The predicted molar refractivity (Wildman–Crippen MR) is 48.8 cm³/mol. The number of hydrogen-bond acceptors (Lipinski definition) is 4. The van der Waals surface area contributed by atoms with Gasteiger partial charge in [0.25, 0.3) is 0 Å². The lowest BCUT2D eigenvalue weighted by atomic mass is 10.6. The Labute approximate surface area is 74.0 Å². The van der Waals surface area contributed by atoms with Gasteiger partial charge in [-0.15, -0.1) is 0 Å². The smallest absolute Gasteiger partial charge is 0.222 e. The Morgan fingerprint density at radius 1 is 0.833 bits per heavy atom. The molecule has 0 saturated carbocycles. The fraction of sp³-hybridized carbons (Fsp3) is 0.750. The maximum absolute atomic E-state index is 8.35. The average Bonchev–Trinajstić information content (AvgIpc) is 1.92. The van der Waals surface area contributed by atoms with Crippen LogP contribution in [0.5, 0.6) is 0 Å². The Morgan fingerprint density at radius 3 is 0.833 bits per heavy atom. The van der Waals surface area contributed by atoms with Gasteiger partial charge >= 0.3 is 0 Å². The Hall–Kier alpha value is -1.24. The highest BCUT2D eigenvalue weighted by Gasteiger charge is 1.36. The molecule has 0 atom stereocenters. The van der Waals surface area contributed by atoms with Crippen molar-refractivity contribution >= 4 is 12.2 Å². The fourth-order valence-electron chi connectivity index (χ4n) is 0. The molecule has 0 unspecified atom stereocenters. The summed E-state index contributed by atoms with van der Waals surface area (Å²) in [5.74, 6) is 0. The van der Waals surface area contributed by atoms with Crippen LogP contribution >= 0.6 is 0 Å². The molecule has 0 saturated heterocycles. The highest BCUT2D eigenvalue weighted by atomic mass is 16.1. The van der Waals surface area contributed by atoms with Crippen LogP contribution in [-0.2, 0) is 9.59 Å². The zero-order valence-corrected chi connectivity index (χ0v) is 8.23. The molecule has 4 heteroatoms. The summed E-state index contributed by atoms with van der Waals surface area (Å²) in [6, 6.07) is 0. The highest BCUT2D eigenvalue weighted by Crippen LogP contribution is 1.56. The molecule has 0 aromatic rings. The van der Waals surface area contributed by atoms with Gasteiger partial charge in [-0.1, -0.05) is 40.5 Å². The van der Waals surface area contributed by atoms with Crippen molar-refractivity contribution in [3.8, 4) is 0 Å². The Morgan fingerprint density at radius 2 is 0.833 bits per heavy atom. The maximum Gasteiger partial charge on any atom is 0.231 e. The summed E-state index contributed by atoms with van der Waals surface area (Å²) in [4.78, 5) is 16.7. The van der Waals surface area contributed by atoms with E-state index in [0.717, 1.165) is 12.2 Å². The SMILES string of the molecule is CCC.CCC.N=C=O.N=C=O. The van der Waals surface area contributed by atoms with Crippen molar-refractivity contribution in [1.82, 2.24) is 0 Å². The van der Waals surface area contributed by atoms with E-state index in [1.807, 2.05) is 0 Å². The fourth-order valence-corrected chi connectivity index (χ4v) is 0. The first-order valence-electron chi connectivity index (χ1n) is 3.74. The first-order valence-corrected chi connectivity index (χ1v) is 3.74. The van der Waals surface area contributed by atoms with E-state index in [9.17, 15) is 0 Å². The van der Waals surface area contributed by atoms with E-state index >= 15 is 0 Å². The Bertz CT molecular complexity index is 87.6. The Kier molecular flexibility index (Phi) is 184. The molecular formula is C8H18N2O2. The van der Waals surface area contributed by atoms with Crippen LogP contribution in [0.4, 0.5) is 0 Å². The molecule has 12 heavy (non-hydrogen) atoms. The second kappa shape index (κ2) is 98.3. The monoisotopic (exact) mass is 174 g/mol. The van der Waals surface area contributed by atoms with E-state index in [-0.39, 0.29) is 0 Å². The van der Waals surface area contributed by atoms with E-state index in [0.29, 0.717) is 0 Å². The van der Waals surface area contributed by atoms with Gasteiger partial charge in [0, 0.05) is 0 Å². The number of isocyanates is 2. The molecule has 0 radical (unpaired) electrons. The molecule has 0 heterocycles. The van der Waals surface area contributed by atoms with Crippen molar-refractivity contribution < 1.29 is 9.59 Å². The number of hydrogen-bond donors (Lipinski definition) is 2. The third-order valence-corrected chi connectivity index (χ3v) is 0. The molecule has 0 aliphatic carbocycles. The largest absolute Gasteiger partial charge is 0.231 e. The highest BCUT2D eigenvalue weighted by molar-refractivity contribution is 5.26. The van der Waals surface area contributed by atoms with Gasteiger partial charge in [-0.3, -0.25) is 0 Å². The van der Waals surface area contributed by atoms with Gasteiger partial charge in [0.2, 0.25) is 12.2 Å². The lowest BCUT2D eigenvalue weighted by Gasteiger charge is -1.48. The van der Waals surface area contributed by atoms with Gasteiger partial charge in [0.05, 0.1) is 0 Å². The van der Waals surface area contributed by atoms with Crippen molar-refractivity contribution in [1.29, 1.82) is 10.8 Å². The van der Waals surface area contributed by atoms with Crippen molar-refractivity contribution in [3.63, 3.8) is 0 Å². The molecule has 4 nitrogen and oxygen atoms in total. The van der Waals surface area contributed by atoms with Crippen LogP contribution < -0.4 is 0 Å². The van der Waals surface area contributed by atoms with Gasteiger partial charge in [0.15, 0.2) is 0 Å². The summed E-state index contributed by atoms with van der Waals surface area (Å²) in [6.07, 6.45) is 4.00. The summed E-state index contributed by atoms with van der Waals surface area (Å²) >= 11 is 0. The molecule has 0 rings (SSSR count). The van der Waals surface area contributed by atoms with E-state index in [4.69, 9.17) is 20.4 Å². The van der Waals surface area contributed by atoms with Crippen LogP contribution in [0, 0.1) is 10.8 Å². The summed E-state index contributed by atoms with van der Waals surface area (Å²) in [5.41, 5.74) is 0. The minimum absolute atomic E-state index is 0.750. The van der Waals surface area contributed by atoms with E-state index in [1.165, 1.54) is 12.8 Å². The lowest BCUT2D eigenvalue weighted by molar-refractivity contribution is 0.562. The van der Waals surface area contributed by atoms with Crippen molar-refractivity contribution in [2.24, 2.45) is 0 Å². The van der Waals surface area contributed by atoms with Crippen LogP contribution in [0.2, 0.25) is 0 Å². The van der Waals surface area contributed by atoms with Crippen LogP contribution in [0.15, 0.2) is 0 Å². The summed E-state index contributed by atoms with van der Waals surface area (Å²) in [7, 11) is 0. The number of rotatable bonds is 0. The van der Waals surface area contributed by atoms with E-state index < -0.39 is 0 Å². The molecule has 0 spiro atoms. The normalized spacial score (nSPS) is 4.33. The van der Waals surface area contributed by atoms with Gasteiger partial charge in [-0.2, -0.15) is 0 Å².